The molecule has 25 heavy (non-hydrogen) atoms. The standard InChI is InChI=1S/C17H12Cl2FN3OS/c18-11-5-4-10(6-12(11)19)21-16(24)9-7-23(8-9)17-22-15-13(20)2-1-3-14(15)25-17/h1-6,9H,7-8H2,(H,21,24). The van der Waals surface area contributed by atoms with E-state index in [2.05, 4.69) is 10.3 Å². The van der Waals surface area contributed by atoms with Crippen LogP contribution in [-0.2, 0) is 4.79 Å². The Bertz CT molecular complexity index is 972. The second-order valence-corrected chi connectivity index (χ2v) is 7.63. The first-order chi connectivity index (χ1) is 12.0. The van der Waals surface area contributed by atoms with Gasteiger partial charge in [-0.2, -0.15) is 0 Å². The van der Waals surface area contributed by atoms with Gasteiger partial charge in [0, 0.05) is 18.8 Å². The maximum absolute atomic E-state index is 13.7. The normalized spacial score (nSPS) is 14.6. The zero-order chi connectivity index (χ0) is 17.6. The van der Waals surface area contributed by atoms with Crippen molar-refractivity contribution in [2.75, 3.05) is 23.3 Å². The van der Waals surface area contributed by atoms with Crippen LogP contribution in [0.15, 0.2) is 36.4 Å². The van der Waals surface area contributed by atoms with E-state index >= 15 is 0 Å². The summed E-state index contributed by atoms with van der Waals surface area (Å²) in [6.07, 6.45) is 0. The third-order valence-electron chi connectivity index (χ3n) is 4.07. The average molecular weight is 396 g/mol. The lowest BCUT2D eigenvalue weighted by Crippen LogP contribution is -2.52. The molecular weight excluding hydrogens is 384 g/mol. The topological polar surface area (TPSA) is 45.2 Å². The minimum Gasteiger partial charge on any atom is -0.346 e. The lowest BCUT2D eigenvalue weighted by molar-refractivity contribution is -0.120. The molecule has 1 saturated heterocycles. The highest BCUT2D eigenvalue weighted by Gasteiger charge is 2.34. The van der Waals surface area contributed by atoms with Crippen LogP contribution in [0.5, 0.6) is 0 Å². The highest BCUT2D eigenvalue weighted by Crippen LogP contribution is 2.34. The number of para-hydroxylation sites is 1. The molecule has 0 atom stereocenters. The van der Waals surface area contributed by atoms with Gasteiger partial charge in [-0.05, 0) is 30.3 Å². The van der Waals surface area contributed by atoms with Crippen molar-refractivity contribution < 1.29 is 9.18 Å². The van der Waals surface area contributed by atoms with Crippen LogP contribution in [0.1, 0.15) is 0 Å². The molecule has 128 valence electrons. The quantitative estimate of drug-likeness (QED) is 0.691. The molecule has 4 nitrogen and oxygen atoms in total. The summed E-state index contributed by atoms with van der Waals surface area (Å²) in [5.41, 5.74) is 0.992. The zero-order valence-electron chi connectivity index (χ0n) is 12.8. The van der Waals surface area contributed by atoms with Crippen molar-refractivity contribution >= 4 is 61.5 Å². The molecule has 1 aliphatic rings. The van der Waals surface area contributed by atoms with Crippen LogP contribution in [0.4, 0.5) is 15.2 Å². The molecule has 3 aromatic rings. The summed E-state index contributed by atoms with van der Waals surface area (Å²) in [6, 6.07) is 9.88. The molecule has 1 amide bonds. The van der Waals surface area contributed by atoms with E-state index in [4.69, 9.17) is 23.2 Å². The second kappa shape index (κ2) is 6.44. The summed E-state index contributed by atoms with van der Waals surface area (Å²) in [5, 5.41) is 4.41. The van der Waals surface area contributed by atoms with E-state index < -0.39 is 0 Å². The van der Waals surface area contributed by atoms with Gasteiger partial charge in [-0.25, -0.2) is 9.37 Å². The van der Waals surface area contributed by atoms with E-state index in [1.54, 1.807) is 24.3 Å². The second-order valence-electron chi connectivity index (χ2n) is 5.80. The predicted molar refractivity (Wildman–Crippen MR) is 100 cm³/mol. The van der Waals surface area contributed by atoms with E-state index in [1.165, 1.54) is 17.4 Å². The van der Waals surface area contributed by atoms with Crippen molar-refractivity contribution in [2.24, 2.45) is 5.92 Å². The summed E-state index contributed by atoms with van der Waals surface area (Å²) in [4.78, 5) is 18.6. The molecule has 8 heteroatoms. The van der Waals surface area contributed by atoms with Crippen LogP contribution < -0.4 is 10.2 Å². The molecule has 1 fully saturated rings. The highest BCUT2D eigenvalue weighted by molar-refractivity contribution is 7.22. The number of nitrogens with zero attached hydrogens (tertiary/aromatic N) is 2. The highest BCUT2D eigenvalue weighted by atomic mass is 35.5. The van der Waals surface area contributed by atoms with Gasteiger partial charge in [-0.15, -0.1) is 0 Å². The summed E-state index contributed by atoms with van der Waals surface area (Å²) in [6.45, 7) is 1.10. The molecule has 0 saturated carbocycles. The van der Waals surface area contributed by atoms with Crippen LogP contribution in [0.25, 0.3) is 10.2 Å². The minimum atomic E-state index is -0.325. The van der Waals surface area contributed by atoms with E-state index in [0.717, 1.165) is 9.83 Å². The molecule has 1 N–H and O–H groups in total. The number of anilines is 2. The van der Waals surface area contributed by atoms with Crippen molar-refractivity contribution in [3.63, 3.8) is 0 Å². The number of benzene rings is 2. The molecule has 4 rings (SSSR count). The van der Waals surface area contributed by atoms with E-state index in [-0.39, 0.29) is 17.6 Å². The fourth-order valence-corrected chi connectivity index (χ4v) is 3.95. The van der Waals surface area contributed by atoms with Crippen LogP contribution >= 0.6 is 34.5 Å². The number of aromatic nitrogens is 1. The molecule has 1 aromatic heterocycles. The lowest BCUT2D eigenvalue weighted by Gasteiger charge is -2.37. The monoisotopic (exact) mass is 395 g/mol. The number of hydrogen-bond donors (Lipinski definition) is 1. The molecule has 0 unspecified atom stereocenters. The Labute approximate surface area is 157 Å². The predicted octanol–water partition coefficient (Wildman–Crippen LogP) is 4.82. The summed E-state index contributed by atoms with van der Waals surface area (Å²) in [5.74, 6) is -0.553. The maximum Gasteiger partial charge on any atom is 0.231 e. The first kappa shape index (κ1) is 16.6. The fourth-order valence-electron chi connectivity index (χ4n) is 2.66. The van der Waals surface area contributed by atoms with Crippen LogP contribution in [-0.4, -0.2) is 24.0 Å². The van der Waals surface area contributed by atoms with Gasteiger partial charge in [-0.3, -0.25) is 4.79 Å². The Morgan fingerprint density at radius 3 is 2.76 bits per heavy atom. The van der Waals surface area contributed by atoms with Crippen molar-refractivity contribution in [2.45, 2.75) is 0 Å². The van der Waals surface area contributed by atoms with Gasteiger partial charge < -0.3 is 10.2 Å². The summed E-state index contributed by atoms with van der Waals surface area (Å²) >= 11 is 13.2. The van der Waals surface area contributed by atoms with E-state index in [9.17, 15) is 9.18 Å². The van der Waals surface area contributed by atoms with E-state index in [1.807, 2.05) is 11.0 Å². The third kappa shape index (κ3) is 3.17. The molecule has 2 heterocycles. The average Bonchev–Trinajstić information content (AvgIpc) is 2.94. The Hall–Kier alpha value is -1.89. The van der Waals surface area contributed by atoms with Crippen LogP contribution in [0, 0.1) is 11.7 Å². The van der Waals surface area contributed by atoms with Crippen molar-refractivity contribution in [3.8, 4) is 0 Å². The van der Waals surface area contributed by atoms with Gasteiger partial charge in [0.2, 0.25) is 5.91 Å². The Morgan fingerprint density at radius 2 is 2.04 bits per heavy atom. The number of halogens is 3. The van der Waals surface area contributed by atoms with Crippen molar-refractivity contribution in [1.29, 1.82) is 0 Å². The minimum absolute atomic E-state index is 0.0815. The summed E-state index contributed by atoms with van der Waals surface area (Å²) < 4.78 is 14.5. The van der Waals surface area contributed by atoms with Gasteiger partial charge >= 0.3 is 0 Å². The van der Waals surface area contributed by atoms with Gasteiger partial charge in [-0.1, -0.05) is 40.6 Å². The van der Waals surface area contributed by atoms with Gasteiger partial charge in [0.15, 0.2) is 5.13 Å². The largest absolute Gasteiger partial charge is 0.346 e. The molecule has 1 aliphatic heterocycles. The number of amides is 1. The van der Waals surface area contributed by atoms with Gasteiger partial charge in [0.25, 0.3) is 0 Å². The third-order valence-corrected chi connectivity index (χ3v) is 5.89. The number of thiazole rings is 1. The number of nitrogens with one attached hydrogen (secondary N) is 1. The number of rotatable bonds is 3. The molecule has 0 bridgehead atoms. The number of hydrogen-bond acceptors (Lipinski definition) is 4. The molecular formula is C17H12Cl2FN3OS. The summed E-state index contributed by atoms with van der Waals surface area (Å²) in [7, 11) is 0. The van der Waals surface area contributed by atoms with Crippen molar-refractivity contribution in [3.05, 3.63) is 52.3 Å². The Kier molecular flexibility index (Phi) is 4.27. The number of carbonyl (C=O) groups is 1. The Morgan fingerprint density at radius 1 is 1.24 bits per heavy atom. The molecule has 0 spiro atoms. The van der Waals surface area contributed by atoms with Gasteiger partial charge in [0.1, 0.15) is 11.3 Å². The molecule has 0 aliphatic carbocycles. The SMILES string of the molecule is O=C(Nc1ccc(Cl)c(Cl)c1)C1CN(c2nc3c(F)cccc3s2)C1. The maximum atomic E-state index is 13.7. The van der Waals surface area contributed by atoms with E-state index in [0.29, 0.717) is 34.3 Å². The van der Waals surface area contributed by atoms with Crippen LogP contribution in [0.2, 0.25) is 10.0 Å². The lowest BCUT2D eigenvalue weighted by atomic mass is 10.00. The number of fused-ring (bicyclic) bond motifs is 1. The first-order valence-electron chi connectivity index (χ1n) is 7.57. The first-order valence-corrected chi connectivity index (χ1v) is 9.14. The molecule has 0 radical (unpaired) electrons. The van der Waals surface area contributed by atoms with Crippen molar-refractivity contribution in [1.82, 2.24) is 4.98 Å². The Balaban J connectivity index is 1.41. The van der Waals surface area contributed by atoms with Crippen LogP contribution in [0.3, 0.4) is 0 Å². The smallest absolute Gasteiger partial charge is 0.231 e. The fraction of sp³-hybridized carbons (Fsp3) is 0.176. The zero-order valence-corrected chi connectivity index (χ0v) is 15.1. The van der Waals surface area contributed by atoms with Gasteiger partial charge in [0.05, 0.1) is 20.7 Å². The molecule has 2 aromatic carbocycles. The number of carbonyl (C=O) groups excluding carboxylic acids is 1.